The second kappa shape index (κ2) is 13.9. The summed E-state index contributed by atoms with van der Waals surface area (Å²) in [5, 5.41) is 0.601. The number of ether oxygens (including phenoxy) is 1. The lowest BCUT2D eigenvalue weighted by Gasteiger charge is -2.20. The van der Waals surface area contributed by atoms with Crippen molar-refractivity contribution in [1.29, 1.82) is 0 Å². The van der Waals surface area contributed by atoms with E-state index in [1.54, 1.807) is 18.3 Å². The van der Waals surface area contributed by atoms with Gasteiger partial charge < -0.3 is 4.74 Å². The largest absolute Gasteiger partial charge is 0.460 e. The van der Waals surface area contributed by atoms with Crippen LogP contribution in [0.15, 0.2) is 85.1 Å². The topological polar surface area (TPSA) is 56.3 Å². The third kappa shape index (κ3) is 8.73. The number of carbonyl (C=O) groups excluding carboxylic acids is 2. The molecule has 0 amide bonds. The van der Waals surface area contributed by atoms with Gasteiger partial charge in [0, 0.05) is 48.0 Å². The Balaban J connectivity index is 1.36. The van der Waals surface area contributed by atoms with Crippen LogP contribution in [0.4, 0.5) is 8.78 Å². The van der Waals surface area contributed by atoms with Gasteiger partial charge in [0.1, 0.15) is 23.0 Å². The second-order valence-corrected chi connectivity index (χ2v) is 13.0. The molecule has 0 fully saturated rings. The van der Waals surface area contributed by atoms with Crippen LogP contribution >= 0.6 is 11.6 Å². The monoisotopic (exact) mass is 627 g/mol. The maximum atomic E-state index is 14.2. The molecule has 232 valence electrons. The average molecular weight is 628 g/mol. The predicted octanol–water partition coefficient (Wildman–Crippen LogP) is 9.27. The van der Waals surface area contributed by atoms with Crippen LogP contribution in [0.3, 0.4) is 0 Å². The van der Waals surface area contributed by atoms with E-state index in [1.165, 1.54) is 12.1 Å². The van der Waals surface area contributed by atoms with Crippen LogP contribution in [0.1, 0.15) is 73.9 Å². The van der Waals surface area contributed by atoms with Gasteiger partial charge in [-0.2, -0.15) is 0 Å². The van der Waals surface area contributed by atoms with Gasteiger partial charge in [-0.25, -0.2) is 8.78 Å². The maximum Gasteiger partial charge on any atom is 0.306 e. The van der Waals surface area contributed by atoms with E-state index in [0.29, 0.717) is 22.7 Å². The number of carbonyl (C=O) groups is 2. The van der Waals surface area contributed by atoms with Crippen LogP contribution in [0.2, 0.25) is 5.02 Å². The van der Waals surface area contributed by atoms with Crippen LogP contribution in [0.5, 0.6) is 0 Å². The van der Waals surface area contributed by atoms with Crippen molar-refractivity contribution < 1.29 is 23.1 Å². The molecule has 0 radical (unpaired) electrons. The number of aryl methyl sites for hydroxylation is 1. The Morgan fingerprint density at radius 3 is 2.38 bits per heavy atom. The van der Waals surface area contributed by atoms with Gasteiger partial charge >= 0.3 is 5.97 Å². The summed E-state index contributed by atoms with van der Waals surface area (Å²) in [6.45, 7) is 5.55. The standard InChI is InChI=1S/C38H36ClF2NO3/c1-38(2,3)45-36(44)15-7-24-6-8-27-9-10-28(35(27)20-24)21-33(43)22-29(17-25-18-31(40)23-32(41)19-25)37-34(5-4-16-42-37)26-11-13-30(39)14-12-26/h4-6,8,10-14,16,18-20,23,29H,7,9,15,17,21-22H2,1-3H3/t29-/m1/s1. The normalized spacial score (nSPS) is 13.2. The molecule has 1 atom stereocenters. The lowest BCUT2D eigenvalue weighted by molar-refractivity contribution is -0.154. The van der Waals surface area contributed by atoms with E-state index < -0.39 is 23.2 Å². The molecular formula is C38H36ClF2NO3. The van der Waals surface area contributed by atoms with Gasteiger partial charge in [0.05, 0.1) is 5.69 Å². The van der Waals surface area contributed by atoms with Crippen LogP contribution in [0, 0.1) is 11.6 Å². The molecule has 4 nitrogen and oxygen atoms in total. The number of benzene rings is 3. The molecule has 0 spiro atoms. The summed E-state index contributed by atoms with van der Waals surface area (Å²) in [6, 6.07) is 20.7. The lowest BCUT2D eigenvalue weighted by atomic mass is 9.85. The van der Waals surface area contributed by atoms with Crippen molar-refractivity contribution in [2.45, 2.75) is 70.8 Å². The Labute approximate surface area is 268 Å². The zero-order valence-corrected chi connectivity index (χ0v) is 26.5. The molecule has 7 heteroatoms. The molecule has 4 aromatic rings. The number of esters is 1. The van der Waals surface area contributed by atoms with Crippen molar-refractivity contribution in [2.24, 2.45) is 0 Å². The predicted molar refractivity (Wildman–Crippen MR) is 174 cm³/mol. The second-order valence-electron chi connectivity index (χ2n) is 12.6. The number of fused-ring (bicyclic) bond motifs is 1. The zero-order valence-electron chi connectivity index (χ0n) is 25.7. The van der Waals surface area contributed by atoms with Crippen molar-refractivity contribution in [3.05, 3.63) is 130 Å². The third-order valence-corrected chi connectivity index (χ3v) is 8.02. The summed E-state index contributed by atoms with van der Waals surface area (Å²) < 4.78 is 33.8. The Kier molecular flexibility index (Phi) is 9.93. The zero-order chi connectivity index (χ0) is 32.1. The Bertz CT molecular complexity index is 1720. The van der Waals surface area contributed by atoms with Crippen LogP contribution < -0.4 is 0 Å². The first-order valence-corrected chi connectivity index (χ1v) is 15.5. The quantitative estimate of drug-likeness (QED) is 0.156. The van der Waals surface area contributed by atoms with Crippen molar-refractivity contribution in [2.75, 3.05) is 0 Å². The SMILES string of the molecule is CC(C)(C)OC(=O)CCc1ccc2c(c1)C(CC(=O)C[C@@H](Cc1cc(F)cc(F)c1)c1ncccc1-c1ccc(Cl)cc1)=CC2. The number of halogens is 3. The number of pyridine rings is 1. The lowest BCUT2D eigenvalue weighted by Crippen LogP contribution is -2.24. The molecule has 5 rings (SSSR count). The number of nitrogens with zero attached hydrogens (tertiary/aromatic N) is 1. The number of ketones is 1. The molecule has 1 aromatic heterocycles. The van der Waals surface area contributed by atoms with Crippen LogP contribution in [-0.4, -0.2) is 22.3 Å². The maximum absolute atomic E-state index is 14.2. The molecule has 1 aliphatic rings. The van der Waals surface area contributed by atoms with Gasteiger partial charge in [-0.15, -0.1) is 0 Å². The fraction of sp³-hybridized carbons (Fsp3) is 0.289. The van der Waals surface area contributed by atoms with Crippen molar-refractivity contribution >= 4 is 28.9 Å². The van der Waals surface area contributed by atoms with E-state index in [-0.39, 0.29) is 37.4 Å². The van der Waals surface area contributed by atoms with E-state index >= 15 is 0 Å². The summed E-state index contributed by atoms with van der Waals surface area (Å²) >= 11 is 6.13. The van der Waals surface area contributed by atoms with Crippen molar-refractivity contribution in [3.8, 4) is 11.1 Å². The minimum absolute atomic E-state index is 0.00263. The molecule has 0 N–H and O–H groups in total. The van der Waals surface area contributed by atoms with Gasteiger partial charge in [-0.05, 0) is 104 Å². The highest BCUT2D eigenvalue weighted by molar-refractivity contribution is 6.30. The van der Waals surface area contributed by atoms with Gasteiger partial charge in [0.25, 0.3) is 0 Å². The number of hydrogen-bond acceptors (Lipinski definition) is 4. The number of allylic oxidation sites excluding steroid dienone is 2. The first-order chi connectivity index (χ1) is 21.4. The van der Waals surface area contributed by atoms with Crippen molar-refractivity contribution in [3.63, 3.8) is 0 Å². The van der Waals surface area contributed by atoms with E-state index in [2.05, 4.69) is 23.2 Å². The third-order valence-electron chi connectivity index (χ3n) is 7.77. The van der Waals surface area contributed by atoms with E-state index in [4.69, 9.17) is 16.3 Å². The van der Waals surface area contributed by atoms with Gasteiger partial charge in [0.2, 0.25) is 0 Å². The van der Waals surface area contributed by atoms with E-state index in [9.17, 15) is 18.4 Å². The molecule has 0 saturated heterocycles. The number of rotatable bonds is 11. The molecule has 0 unspecified atom stereocenters. The highest BCUT2D eigenvalue weighted by Gasteiger charge is 2.25. The van der Waals surface area contributed by atoms with E-state index in [0.717, 1.165) is 45.9 Å². The molecule has 1 heterocycles. The first kappa shape index (κ1) is 32.2. The minimum atomic E-state index is -0.663. The fourth-order valence-corrected chi connectivity index (χ4v) is 5.99. The van der Waals surface area contributed by atoms with Crippen molar-refractivity contribution in [1.82, 2.24) is 4.98 Å². The smallest absolute Gasteiger partial charge is 0.306 e. The Morgan fingerprint density at radius 1 is 0.933 bits per heavy atom. The van der Waals surface area contributed by atoms with Gasteiger partial charge in [-0.1, -0.05) is 54.1 Å². The summed E-state index contributed by atoms with van der Waals surface area (Å²) in [5.74, 6) is -1.99. The summed E-state index contributed by atoms with van der Waals surface area (Å²) in [6.07, 6.45) is 5.91. The molecule has 45 heavy (non-hydrogen) atoms. The Morgan fingerprint density at radius 2 is 1.67 bits per heavy atom. The molecule has 0 bridgehead atoms. The van der Waals surface area contributed by atoms with Crippen LogP contribution in [-0.2, 0) is 33.6 Å². The van der Waals surface area contributed by atoms with Crippen LogP contribution in [0.25, 0.3) is 16.7 Å². The number of Topliss-reactive ketones (excluding diaryl/α,β-unsaturated/α-hetero) is 1. The highest BCUT2D eigenvalue weighted by Crippen LogP contribution is 2.36. The summed E-state index contributed by atoms with van der Waals surface area (Å²) in [5.41, 5.74) is 6.45. The Hall–Kier alpha value is -4.16. The highest BCUT2D eigenvalue weighted by atomic mass is 35.5. The van der Waals surface area contributed by atoms with Gasteiger partial charge in [-0.3, -0.25) is 14.6 Å². The fourth-order valence-electron chi connectivity index (χ4n) is 5.86. The first-order valence-electron chi connectivity index (χ1n) is 15.1. The summed E-state index contributed by atoms with van der Waals surface area (Å²) in [7, 11) is 0. The average Bonchev–Trinajstić information content (AvgIpc) is 3.36. The molecule has 1 aliphatic carbocycles. The molecule has 0 saturated carbocycles. The minimum Gasteiger partial charge on any atom is -0.460 e. The number of aromatic nitrogens is 1. The molecule has 0 aliphatic heterocycles. The summed E-state index contributed by atoms with van der Waals surface area (Å²) in [4.78, 5) is 30.7. The molecular weight excluding hydrogens is 592 g/mol. The van der Waals surface area contributed by atoms with Gasteiger partial charge in [0.15, 0.2) is 0 Å². The van der Waals surface area contributed by atoms with E-state index in [1.807, 2.05) is 51.1 Å². The number of hydrogen-bond donors (Lipinski definition) is 0. The molecule has 3 aromatic carbocycles.